The molecule has 2 N–H and O–H groups in total. The Morgan fingerprint density at radius 2 is 1.95 bits per heavy atom. The summed E-state index contributed by atoms with van der Waals surface area (Å²) in [6, 6.07) is 12.1. The maximum Gasteiger partial charge on any atom is 0.258 e. The SMILES string of the molecule is Cc1cccc(-c2noc(-c3ccc(F)c(N)c3)n2)c1. The zero-order valence-corrected chi connectivity index (χ0v) is 10.8. The zero-order valence-electron chi connectivity index (χ0n) is 10.8. The number of nitrogens with two attached hydrogens (primary N) is 1. The molecule has 3 aromatic rings. The van der Waals surface area contributed by atoms with Gasteiger partial charge < -0.3 is 10.3 Å². The van der Waals surface area contributed by atoms with Gasteiger partial charge in [-0.3, -0.25) is 0 Å². The van der Waals surface area contributed by atoms with E-state index >= 15 is 0 Å². The van der Waals surface area contributed by atoms with E-state index in [-0.39, 0.29) is 5.69 Å². The number of aryl methyl sites for hydroxylation is 1. The van der Waals surface area contributed by atoms with Crippen LogP contribution in [0.1, 0.15) is 5.56 Å². The molecule has 1 heterocycles. The highest BCUT2D eigenvalue weighted by Gasteiger charge is 2.12. The average Bonchev–Trinajstić information content (AvgIpc) is 2.92. The molecule has 0 aliphatic heterocycles. The molecule has 1 aromatic heterocycles. The predicted octanol–water partition coefficient (Wildman–Crippen LogP) is 3.43. The molecule has 0 saturated carbocycles. The first-order valence-electron chi connectivity index (χ1n) is 6.09. The van der Waals surface area contributed by atoms with Crippen LogP contribution in [0.5, 0.6) is 0 Å². The number of hydrogen-bond acceptors (Lipinski definition) is 4. The molecule has 2 aromatic carbocycles. The molecule has 20 heavy (non-hydrogen) atoms. The van der Waals surface area contributed by atoms with Crippen molar-refractivity contribution in [3.63, 3.8) is 0 Å². The second kappa shape index (κ2) is 4.77. The molecule has 0 amide bonds. The Kier molecular flexibility index (Phi) is 2.95. The van der Waals surface area contributed by atoms with E-state index in [2.05, 4.69) is 10.1 Å². The molecule has 0 aliphatic carbocycles. The summed E-state index contributed by atoms with van der Waals surface area (Å²) in [7, 11) is 0. The summed E-state index contributed by atoms with van der Waals surface area (Å²) in [6.07, 6.45) is 0. The molecule has 0 unspecified atom stereocenters. The first-order chi connectivity index (χ1) is 9.63. The molecule has 0 atom stereocenters. The Bertz CT molecular complexity index is 767. The highest BCUT2D eigenvalue weighted by Crippen LogP contribution is 2.25. The molecule has 3 rings (SSSR count). The summed E-state index contributed by atoms with van der Waals surface area (Å²) in [5.41, 5.74) is 8.16. The van der Waals surface area contributed by atoms with Crippen LogP contribution in [0.4, 0.5) is 10.1 Å². The third-order valence-electron chi connectivity index (χ3n) is 2.95. The van der Waals surface area contributed by atoms with Crippen molar-refractivity contribution < 1.29 is 8.91 Å². The molecule has 0 aliphatic rings. The van der Waals surface area contributed by atoms with Gasteiger partial charge in [0.1, 0.15) is 5.82 Å². The highest BCUT2D eigenvalue weighted by molar-refractivity contribution is 5.63. The van der Waals surface area contributed by atoms with Gasteiger partial charge in [-0.2, -0.15) is 4.98 Å². The zero-order chi connectivity index (χ0) is 14.1. The standard InChI is InChI=1S/C15H12FN3O/c1-9-3-2-4-10(7-9)14-18-15(20-19-14)11-5-6-12(16)13(17)8-11/h2-8H,17H2,1H3. The van der Waals surface area contributed by atoms with E-state index in [1.165, 1.54) is 12.1 Å². The van der Waals surface area contributed by atoms with Crippen molar-refractivity contribution in [1.82, 2.24) is 10.1 Å². The van der Waals surface area contributed by atoms with Crippen LogP contribution in [0.3, 0.4) is 0 Å². The van der Waals surface area contributed by atoms with Gasteiger partial charge in [0.2, 0.25) is 5.82 Å². The van der Waals surface area contributed by atoms with Crippen molar-refractivity contribution in [2.24, 2.45) is 0 Å². The number of anilines is 1. The maximum absolute atomic E-state index is 13.1. The van der Waals surface area contributed by atoms with Gasteiger partial charge in [0, 0.05) is 11.1 Å². The Labute approximate surface area is 115 Å². The molecule has 4 nitrogen and oxygen atoms in total. The lowest BCUT2D eigenvalue weighted by molar-refractivity contribution is 0.432. The molecule has 0 fully saturated rings. The fourth-order valence-electron chi connectivity index (χ4n) is 1.92. The molecule has 100 valence electrons. The topological polar surface area (TPSA) is 64.9 Å². The molecular formula is C15H12FN3O. The Morgan fingerprint density at radius 1 is 1.10 bits per heavy atom. The fraction of sp³-hybridized carbons (Fsp3) is 0.0667. The average molecular weight is 269 g/mol. The summed E-state index contributed by atoms with van der Waals surface area (Å²) in [6.45, 7) is 1.99. The summed E-state index contributed by atoms with van der Waals surface area (Å²) in [5.74, 6) is 0.340. The van der Waals surface area contributed by atoms with Crippen LogP contribution in [0, 0.1) is 12.7 Å². The van der Waals surface area contributed by atoms with Crippen LogP contribution in [-0.4, -0.2) is 10.1 Å². The molecule has 5 heteroatoms. The number of halogens is 1. The van der Waals surface area contributed by atoms with Crippen molar-refractivity contribution in [1.29, 1.82) is 0 Å². The van der Waals surface area contributed by atoms with Gasteiger partial charge in [-0.15, -0.1) is 0 Å². The van der Waals surface area contributed by atoms with Gasteiger partial charge in [-0.1, -0.05) is 28.9 Å². The second-order valence-corrected chi connectivity index (χ2v) is 4.53. The summed E-state index contributed by atoms with van der Waals surface area (Å²) in [5, 5.41) is 3.94. The van der Waals surface area contributed by atoms with Gasteiger partial charge >= 0.3 is 0 Å². The largest absolute Gasteiger partial charge is 0.396 e. The first kappa shape index (κ1) is 12.3. The summed E-state index contributed by atoms with van der Waals surface area (Å²) >= 11 is 0. The minimum Gasteiger partial charge on any atom is -0.396 e. The van der Waals surface area contributed by atoms with E-state index in [9.17, 15) is 4.39 Å². The third-order valence-corrected chi connectivity index (χ3v) is 2.95. The van der Waals surface area contributed by atoms with Crippen molar-refractivity contribution in [2.75, 3.05) is 5.73 Å². The second-order valence-electron chi connectivity index (χ2n) is 4.53. The Morgan fingerprint density at radius 3 is 2.70 bits per heavy atom. The first-order valence-corrected chi connectivity index (χ1v) is 6.09. The van der Waals surface area contributed by atoms with Crippen LogP contribution in [0.2, 0.25) is 0 Å². The number of rotatable bonds is 2. The smallest absolute Gasteiger partial charge is 0.258 e. The van der Waals surface area contributed by atoms with Gasteiger partial charge in [-0.25, -0.2) is 4.39 Å². The number of aromatic nitrogens is 2. The predicted molar refractivity (Wildman–Crippen MR) is 74.3 cm³/mol. The normalized spacial score (nSPS) is 10.7. The van der Waals surface area contributed by atoms with Gasteiger partial charge in [0.15, 0.2) is 0 Å². The maximum atomic E-state index is 13.1. The van der Waals surface area contributed by atoms with E-state index in [4.69, 9.17) is 10.3 Å². The fourth-order valence-corrected chi connectivity index (χ4v) is 1.92. The molecule has 0 spiro atoms. The number of hydrogen-bond donors (Lipinski definition) is 1. The molecular weight excluding hydrogens is 257 g/mol. The molecule has 0 saturated heterocycles. The summed E-state index contributed by atoms with van der Waals surface area (Å²) in [4.78, 5) is 4.31. The highest BCUT2D eigenvalue weighted by atomic mass is 19.1. The van der Waals surface area contributed by atoms with E-state index in [1.54, 1.807) is 6.07 Å². The van der Waals surface area contributed by atoms with Crippen LogP contribution in [0.15, 0.2) is 47.0 Å². The van der Waals surface area contributed by atoms with Gasteiger partial charge in [-0.05, 0) is 31.2 Å². The van der Waals surface area contributed by atoms with Crippen molar-refractivity contribution in [2.45, 2.75) is 6.92 Å². The molecule has 0 bridgehead atoms. The monoisotopic (exact) mass is 269 g/mol. The van der Waals surface area contributed by atoms with E-state index in [0.29, 0.717) is 17.3 Å². The van der Waals surface area contributed by atoms with Crippen LogP contribution in [-0.2, 0) is 0 Å². The number of benzene rings is 2. The quantitative estimate of drug-likeness (QED) is 0.724. The van der Waals surface area contributed by atoms with Crippen molar-refractivity contribution in [3.8, 4) is 22.8 Å². The van der Waals surface area contributed by atoms with E-state index < -0.39 is 5.82 Å². The van der Waals surface area contributed by atoms with E-state index in [0.717, 1.165) is 11.1 Å². The lowest BCUT2D eigenvalue weighted by atomic mass is 10.1. The minimum atomic E-state index is -0.466. The van der Waals surface area contributed by atoms with Crippen LogP contribution < -0.4 is 5.73 Å². The Balaban J connectivity index is 1.99. The Hall–Kier alpha value is -2.69. The lowest BCUT2D eigenvalue weighted by Crippen LogP contribution is -1.90. The van der Waals surface area contributed by atoms with E-state index in [1.807, 2.05) is 31.2 Å². The van der Waals surface area contributed by atoms with Crippen LogP contribution >= 0.6 is 0 Å². The van der Waals surface area contributed by atoms with Gasteiger partial charge in [0.05, 0.1) is 5.69 Å². The van der Waals surface area contributed by atoms with Crippen LogP contribution in [0.25, 0.3) is 22.8 Å². The number of nitrogen functional groups attached to an aromatic ring is 1. The third kappa shape index (κ3) is 2.25. The van der Waals surface area contributed by atoms with Crippen molar-refractivity contribution in [3.05, 3.63) is 53.8 Å². The van der Waals surface area contributed by atoms with Crippen molar-refractivity contribution >= 4 is 5.69 Å². The number of nitrogens with zero attached hydrogens (tertiary/aromatic N) is 2. The molecule has 0 radical (unpaired) electrons. The lowest BCUT2D eigenvalue weighted by Gasteiger charge is -1.98. The van der Waals surface area contributed by atoms with Gasteiger partial charge in [0.25, 0.3) is 5.89 Å². The minimum absolute atomic E-state index is 0.0535. The summed E-state index contributed by atoms with van der Waals surface area (Å²) < 4.78 is 18.3.